The van der Waals surface area contributed by atoms with Gasteiger partial charge in [-0.2, -0.15) is 0 Å². The molecule has 0 unspecified atom stereocenters. The van der Waals surface area contributed by atoms with Crippen LogP contribution >= 0.6 is 0 Å². The topological polar surface area (TPSA) is 36.4 Å². The summed E-state index contributed by atoms with van der Waals surface area (Å²) in [5.41, 5.74) is 1.72. The number of carbonyl (C=O) groups is 1. The first kappa shape index (κ1) is 11.7. The molecule has 1 amide bonds. The Morgan fingerprint density at radius 2 is 1.95 bits per heavy atom. The Hall–Kier alpha value is -2.36. The highest BCUT2D eigenvalue weighted by Gasteiger charge is 2.29. The Labute approximate surface area is 112 Å². The van der Waals surface area contributed by atoms with E-state index in [0.717, 1.165) is 11.5 Å². The highest BCUT2D eigenvalue weighted by molar-refractivity contribution is 6.01. The van der Waals surface area contributed by atoms with E-state index in [-0.39, 0.29) is 5.91 Å². The maximum absolute atomic E-state index is 12.3. The van der Waals surface area contributed by atoms with Crippen molar-refractivity contribution in [2.45, 2.75) is 6.92 Å². The molecule has 2 aromatic rings. The monoisotopic (exact) mass is 253 g/mol. The molecule has 0 N–H and O–H groups in total. The number of hydrogen-bond donors (Lipinski definition) is 0. The minimum atomic E-state index is 0.0535. The Balaban J connectivity index is 2.11. The van der Waals surface area contributed by atoms with Gasteiger partial charge in [0.1, 0.15) is 5.82 Å². The third-order valence-corrected chi connectivity index (χ3v) is 3.32. The van der Waals surface area contributed by atoms with Crippen molar-refractivity contribution in [3.05, 3.63) is 54.2 Å². The van der Waals surface area contributed by atoms with Crippen molar-refractivity contribution in [1.82, 2.24) is 9.88 Å². The molecule has 4 nitrogen and oxygen atoms in total. The average Bonchev–Trinajstić information content (AvgIpc) is 2.49. The fourth-order valence-corrected chi connectivity index (χ4v) is 2.31. The summed E-state index contributed by atoms with van der Waals surface area (Å²) in [4.78, 5) is 20.5. The molecule has 1 aliphatic rings. The normalized spacial score (nSPS) is 14.5. The second kappa shape index (κ2) is 4.72. The number of rotatable bonds is 2. The number of para-hydroxylation sites is 1. The molecule has 19 heavy (non-hydrogen) atoms. The van der Waals surface area contributed by atoms with Gasteiger partial charge in [-0.3, -0.25) is 4.79 Å². The number of pyridine rings is 1. The summed E-state index contributed by atoms with van der Waals surface area (Å²) in [5.74, 6) is 0.793. The molecule has 0 fully saturated rings. The minimum Gasteiger partial charge on any atom is -0.321 e. The first-order valence-corrected chi connectivity index (χ1v) is 6.38. The van der Waals surface area contributed by atoms with Gasteiger partial charge in [0.2, 0.25) is 0 Å². The summed E-state index contributed by atoms with van der Waals surface area (Å²) >= 11 is 0. The van der Waals surface area contributed by atoms with E-state index >= 15 is 0 Å². The van der Waals surface area contributed by atoms with Gasteiger partial charge < -0.3 is 9.80 Å². The van der Waals surface area contributed by atoms with Gasteiger partial charge in [0.25, 0.3) is 5.91 Å². The molecular formula is C15H15N3O. The predicted molar refractivity (Wildman–Crippen MR) is 74.4 cm³/mol. The van der Waals surface area contributed by atoms with Crippen LogP contribution in [0.1, 0.15) is 17.3 Å². The Kier molecular flexibility index (Phi) is 2.91. The van der Waals surface area contributed by atoms with Crippen molar-refractivity contribution in [2.75, 3.05) is 18.1 Å². The number of nitrogens with zero attached hydrogens (tertiary/aromatic N) is 3. The predicted octanol–water partition coefficient (Wildman–Crippen LogP) is 2.65. The number of aromatic nitrogens is 1. The summed E-state index contributed by atoms with van der Waals surface area (Å²) in [5, 5.41) is 0. The minimum absolute atomic E-state index is 0.0535. The van der Waals surface area contributed by atoms with Crippen molar-refractivity contribution in [1.29, 1.82) is 0 Å². The molecular weight excluding hydrogens is 238 g/mol. The van der Waals surface area contributed by atoms with Crippen LogP contribution in [0, 0.1) is 0 Å². The standard InChI is InChI=1S/C15H15N3O/c1-2-17-11-18(12-7-4-3-5-8-12)14-13(15(17)19)9-6-10-16-14/h3-10H,2,11H2,1H3. The third-order valence-electron chi connectivity index (χ3n) is 3.32. The summed E-state index contributed by atoms with van der Waals surface area (Å²) < 4.78 is 0. The van der Waals surface area contributed by atoms with E-state index in [1.165, 1.54) is 0 Å². The number of fused-ring (bicyclic) bond motifs is 1. The molecule has 2 heterocycles. The number of amides is 1. The molecule has 0 atom stereocenters. The molecule has 0 radical (unpaired) electrons. The maximum Gasteiger partial charge on any atom is 0.259 e. The number of hydrogen-bond acceptors (Lipinski definition) is 3. The Morgan fingerprint density at radius 1 is 1.16 bits per heavy atom. The zero-order valence-corrected chi connectivity index (χ0v) is 10.8. The van der Waals surface area contributed by atoms with E-state index in [4.69, 9.17) is 0 Å². The number of benzene rings is 1. The van der Waals surface area contributed by atoms with Gasteiger partial charge in [0.05, 0.1) is 12.2 Å². The molecule has 0 bridgehead atoms. The lowest BCUT2D eigenvalue weighted by Gasteiger charge is -2.36. The first-order valence-electron chi connectivity index (χ1n) is 6.38. The Bertz CT molecular complexity index is 597. The van der Waals surface area contributed by atoms with E-state index in [2.05, 4.69) is 9.88 Å². The molecule has 0 saturated heterocycles. The molecule has 0 spiro atoms. The fourth-order valence-electron chi connectivity index (χ4n) is 2.31. The van der Waals surface area contributed by atoms with Gasteiger partial charge in [-0.1, -0.05) is 18.2 Å². The summed E-state index contributed by atoms with van der Waals surface area (Å²) in [6.45, 7) is 3.22. The maximum atomic E-state index is 12.3. The molecule has 3 rings (SSSR count). The largest absolute Gasteiger partial charge is 0.321 e. The van der Waals surface area contributed by atoms with Crippen LogP contribution in [-0.4, -0.2) is 29.0 Å². The van der Waals surface area contributed by atoms with Gasteiger partial charge in [0.15, 0.2) is 0 Å². The van der Waals surface area contributed by atoms with Crippen molar-refractivity contribution < 1.29 is 4.79 Å². The van der Waals surface area contributed by atoms with Gasteiger partial charge in [-0.15, -0.1) is 0 Å². The van der Waals surface area contributed by atoms with Crippen LogP contribution in [0.4, 0.5) is 11.5 Å². The fraction of sp³-hybridized carbons (Fsp3) is 0.200. The smallest absolute Gasteiger partial charge is 0.259 e. The van der Waals surface area contributed by atoms with Crippen LogP contribution in [0.3, 0.4) is 0 Å². The van der Waals surface area contributed by atoms with Gasteiger partial charge in [0, 0.05) is 18.4 Å². The molecule has 4 heteroatoms. The van der Waals surface area contributed by atoms with E-state index in [1.807, 2.05) is 48.2 Å². The zero-order chi connectivity index (χ0) is 13.2. The second-order valence-electron chi connectivity index (χ2n) is 4.44. The van der Waals surface area contributed by atoms with E-state index in [0.29, 0.717) is 18.8 Å². The molecule has 1 aromatic carbocycles. The van der Waals surface area contributed by atoms with Crippen LogP contribution in [-0.2, 0) is 0 Å². The average molecular weight is 253 g/mol. The van der Waals surface area contributed by atoms with Crippen LogP contribution in [0.15, 0.2) is 48.7 Å². The van der Waals surface area contributed by atoms with Crippen LogP contribution in [0.25, 0.3) is 0 Å². The number of carbonyl (C=O) groups excluding carboxylic acids is 1. The second-order valence-corrected chi connectivity index (χ2v) is 4.44. The first-order chi connectivity index (χ1) is 9.31. The van der Waals surface area contributed by atoms with Crippen molar-refractivity contribution in [3.8, 4) is 0 Å². The quantitative estimate of drug-likeness (QED) is 0.825. The van der Waals surface area contributed by atoms with Crippen molar-refractivity contribution >= 4 is 17.4 Å². The molecule has 1 aliphatic heterocycles. The SMILES string of the molecule is CCN1CN(c2ccccc2)c2ncccc2C1=O. The highest BCUT2D eigenvalue weighted by Crippen LogP contribution is 2.31. The van der Waals surface area contributed by atoms with Gasteiger partial charge in [-0.25, -0.2) is 4.98 Å². The number of anilines is 2. The van der Waals surface area contributed by atoms with Crippen LogP contribution in [0.5, 0.6) is 0 Å². The van der Waals surface area contributed by atoms with Crippen LogP contribution in [0.2, 0.25) is 0 Å². The third kappa shape index (κ3) is 1.95. The van der Waals surface area contributed by atoms with Crippen LogP contribution < -0.4 is 4.90 Å². The highest BCUT2D eigenvalue weighted by atomic mass is 16.2. The lowest BCUT2D eigenvalue weighted by atomic mass is 10.1. The molecule has 0 saturated carbocycles. The van der Waals surface area contributed by atoms with Crippen molar-refractivity contribution in [3.63, 3.8) is 0 Å². The zero-order valence-electron chi connectivity index (χ0n) is 10.8. The van der Waals surface area contributed by atoms with Gasteiger partial charge in [-0.05, 0) is 31.2 Å². The van der Waals surface area contributed by atoms with Crippen molar-refractivity contribution in [2.24, 2.45) is 0 Å². The Morgan fingerprint density at radius 3 is 2.68 bits per heavy atom. The van der Waals surface area contributed by atoms with Gasteiger partial charge >= 0.3 is 0 Å². The summed E-state index contributed by atoms with van der Waals surface area (Å²) in [7, 11) is 0. The molecule has 0 aliphatic carbocycles. The lowest BCUT2D eigenvalue weighted by molar-refractivity contribution is 0.0755. The molecule has 96 valence electrons. The van der Waals surface area contributed by atoms with E-state index < -0.39 is 0 Å². The summed E-state index contributed by atoms with van der Waals surface area (Å²) in [6, 6.07) is 13.7. The summed E-state index contributed by atoms with van der Waals surface area (Å²) in [6.07, 6.45) is 1.73. The lowest BCUT2D eigenvalue weighted by Crippen LogP contribution is -2.44. The van der Waals surface area contributed by atoms with E-state index in [1.54, 1.807) is 12.3 Å². The van der Waals surface area contributed by atoms with E-state index in [9.17, 15) is 4.79 Å². The molecule has 1 aromatic heterocycles.